The van der Waals surface area contributed by atoms with E-state index in [1.54, 1.807) is 6.07 Å². The topological polar surface area (TPSA) is 30.0 Å². The van der Waals surface area contributed by atoms with Gasteiger partial charge in [-0.05, 0) is 24.3 Å². The summed E-state index contributed by atoms with van der Waals surface area (Å²) in [5, 5.41) is 1.14. The van der Waals surface area contributed by atoms with E-state index in [0.717, 1.165) is 15.4 Å². The third-order valence-corrected chi connectivity index (χ3v) is 2.68. The van der Waals surface area contributed by atoms with Gasteiger partial charge < -0.3 is 0 Å². The molecule has 14 heavy (non-hydrogen) atoms. The molecule has 0 saturated heterocycles. The van der Waals surface area contributed by atoms with Crippen molar-refractivity contribution in [2.45, 2.75) is 0 Å². The zero-order valence-electron chi connectivity index (χ0n) is 7.00. The van der Waals surface area contributed by atoms with Gasteiger partial charge >= 0.3 is 0 Å². The van der Waals surface area contributed by atoms with Crippen molar-refractivity contribution in [1.29, 1.82) is 0 Å². The van der Waals surface area contributed by atoms with Crippen LogP contribution in [0.5, 0.6) is 0 Å². The molecule has 0 N–H and O–H groups in total. The van der Waals surface area contributed by atoms with E-state index in [1.165, 1.54) is 0 Å². The lowest BCUT2D eigenvalue weighted by molar-refractivity contribution is 0.112. The first kappa shape index (κ1) is 9.62. The highest BCUT2D eigenvalue weighted by Crippen LogP contribution is 2.22. The average molecular weight is 271 g/mol. The van der Waals surface area contributed by atoms with E-state index < -0.39 is 0 Å². The summed E-state index contributed by atoms with van der Waals surface area (Å²) in [5.41, 5.74) is 1.20. The van der Waals surface area contributed by atoms with E-state index in [-0.39, 0.29) is 5.15 Å². The molecule has 0 saturated carbocycles. The van der Waals surface area contributed by atoms with E-state index in [9.17, 15) is 4.79 Å². The van der Waals surface area contributed by atoms with Crippen LogP contribution < -0.4 is 0 Å². The van der Waals surface area contributed by atoms with Gasteiger partial charge in [-0.25, -0.2) is 4.98 Å². The van der Waals surface area contributed by atoms with E-state index in [4.69, 9.17) is 11.6 Å². The Labute approximate surface area is 94.0 Å². The average Bonchev–Trinajstić information content (AvgIpc) is 2.17. The number of benzene rings is 1. The molecule has 2 nitrogen and oxygen atoms in total. The van der Waals surface area contributed by atoms with Crippen LogP contribution in [0.2, 0.25) is 5.15 Å². The second kappa shape index (κ2) is 3.67. The van der Waals surface area contributed by atoms with E-state index in [0.29, 0.717) is 11.8 Å². The molecule has 1 aromatic carbocycles. The molecule has 0 amide bonds. The fraction of sp³-hybridized carbons (Fsp3) is 0. The van der Waals surface area contributed by atoms with Crippen LogP contribution in [0.3, 0.4) is 0 Å². The predicted molar refractivity (Wildman–Crippen MR) is 59.8 cm³/mol. The van der Waals surface area contributed by atoms with Crippen LogP contribution in [0, 0.1) is 0 Å². The molecule has 0 unspecified atom stereocenters. The quantitative estimate of drug-likeness (QED) is 0.587. The summed E-state index contributed by atoms with van der Waals surface area (Å²) in [6, 6.07) is 7.35. The van der Waals surface area contributed by atoms with Crippen LogP contribution >= 0.6 is 27.5 Å². The number of hydrogen-bond acceptors (Lipinski definition) is 2. The van der Waals surface area contributed by atoms with Crippen molar-refractivity contribution >= 4 is 44.7 Å². The van der Waals surface area contributed by atoms with Crippen LogP contribution in [0.25, 0.3) is 10.9 Å². The number of aldehydes is 1. The number of carbonyl (C=O) groups is 1. The summed E-state index contributed by atoms with van der Waals surface area (Å²) in [7, 11) is 0. The molecule has 0 aliphatic heterocycles. The molecule has 2 rings (SSSR count). The third kappa shape index (κ3) is 1.65. The lowest BCUT2D eigenvalue weighted by Gasteiger charge is -2.00. The van der Waals surface area contributed by atoms with E-state index in [1.807, 2.05) is 18.2 Å². The van der Waals surface area contributed by atoms with Gasteiger partial charge in [0.1, 0.15) is 5.15 Å². The zero-order valence-corrected chi connectivity index (χ0v) is 9.34. The Bertz CT molecular complexity index is 513. The number of carbonyl (C=O) groups excluding carboxylic acids is 1. The Kier molecular flexibility index (Phi) is 2.52. The Balaban J connectivity index is 2.79. The second-order valence-corrected chi connectivity index (χ2v) is 4.10. The molecule has 1 aromatic heterocycles. The molecule has 0 atom stereocenters. The van der Waals surface area contributed by atoms with Gasteiger partial charge in [0.15, 0.2) is 6.29 Å². The van der Waals surface area contributed by atoms with Crippen molar-refractivity contribution in [1.82, 2.24) is 4.98 Å². The van der Waals surface area contributed by atoms with Gasteiger partial charge in [-0.15, -0.1) is 0 Å². The second-order valence-electron chi connectivity index (χ2n) is 2.82. The van der Waals surface area contributed by atoms with Crippen molar-refractivity contribution in [2.75, 3.05) is 0 Å². The summed E-state index contributed by atoms with van der Waals surface area (Å²) >= 11 is 9.14. The summed E-state index contributed by atoms with van der Waals surface area (Å²) in [5.74, 6) is 0. The summed E-state index contributed by atoms with van der Waals surface area (Å²) < 4.78 is 0.950. The molecule has 2 aromatic rings. The number of pyridine rings is 1. The number of hydrogen-bond donors (Lipinski definition) is 0. The summed E-state index contributed by atoms with van der Waals surface area (Å²) in [6.45, 7) is 0. The lowest BCUT2D eigenvalue weighted by Crippen LogP contribution is -1.87. The minimum Gasteiger partial charge on any atom is -0.298 e. The SMILES string of the molecule is O=Cc1cc2cc(Br)ccc2nc1Cl. The van der Waals surface area contributed by atoms with Crippen molar-refractivity contribution in [2.24, 2.45) is 0 Å². The predicted octanol–water partition coefficient (Wildman–Crippen LogP) is 3.46. The van der Waals surface area contributed by atoms with Crippen LogP contribution in [0.1, 0.15) is 10.4 Å². The minimum atomic E-state index is 0.245. The Hall–Kier alpha value is -0.930. The Morgan fingerprint density at radius 2 is 2.14 bits per heavy atom. The maximum Gasteiger partial charge on any atom is 0.153 e. The van der Waals surface area contributed by atoms with Crippen molar-refractivity contribution in [3.05, 3.63) is 39.5 Å². The highest BCUT2D eigenvalue weighted by atomic mass is 79.9. The van der Waals surface area contributed by atoms with E-state index in [2.05, 4.69) is 20.9 Å². The van der Waals surface area contributed by atoms with Gasteiger partial charge in [-0.3, -0.25) is 4.79 Å². The third-order valence-electron chi connectivity index (χ3n) is 1.88. The number of rotatable bonds is 1. The molecule has 4 heteroatoms. The van der Waals surface area contributed by atoms with Gasteiger partial charge in [0.2, 0.25) is 0 Å². The molecule has 70 valence electrons. The number of halogens is 2. The first-order valence-electron chi connectivity index (χ1n) is 3.91. The maximum absolute atomic E-state index is 10.6. The van der Waals surface area contributed by atoms with Crippen LogP contribution in [-0.4, -0.2) is 11.3 Å². The van der Waals surface area contributed by atoms with Crippen molar-refractivity contribution in [3.63, 3.8) is 0 Å². The van der Waals surface area contributed by atoms with Gasteiger partial charge in [0, 0.05) is 9.86 Å². The zero-order chi connectivity index (χ0) is 10.1. The fourth-order valence-corrected chi connectivity index (χ4v) is 1.79. The first-order valence-corrected chi connectivity index (χ1v) is 5.09. The van der Waals surface area contributed by atoms with Gasteiger partial charge in [0.25, 0.3) is 0 Å². The van der Waals surface area contributed by atoms with E-state index >= 15 is 0 Å². The number of aromatic nitrogens is 1. The summed E-state index contributed by atoms with van der Waals surface area (Å²) in [4.78, 5) is 14.7. The van der Waals surface area contributed by atoms with Crippen molar-refractivity contribution in [3.8, 4) is 0 Å². The molecule has 0 fully saturated rings. The molecule has 0 bridgehead atoms. The minimum absolute atomic E-state index is 0.245. The van der Waals surface area contributed by atoms with Crippen LogP contribution in [-0.2, 0) is 0 Å². The van der Waals surface area contributed by atoms with Gasteiger partial charge in [0.05, 0.1) is 11.1 Å². The fourth-order valence-electron chi connectivity index (χ4n) is 1.22. The number of nitrogens with zero attached hydrogens (tertiary/aromatic N) is 1. The Morgan fingerprint density at radius 1 is 1.36 bits per heavy atom. The molecular formula is C10H5BrClNO. The molecule has 1 heterocycles. The van der Waals surface area contributed by atoms with Crippen LogP contribution in [0.4, 0.5) is 0 Å². The first-order chi connectivity index (χ1) is 6.70. The molecule has 0 radical (unpaired) electrons. The summed E-state index contributed by atoms with van der Waals surface area (Å²) in [6.07, 6.45) is 0.704. The van der Waals surface area contributed by atoms with Crippen molar-refractivity contribution < 1.29 is 4.79 Å². The normalized spacial score (nSPS) is 10.4. The molecule has 0 spiro atoms. The monoisotopic (exact) mass is 269 g/mol. The number of fused-ring (bicyclic) bond motifs is 1. The maximum atomic E-state index is 10.6. The Morgan fingerprint density at radius 3 is 2.86 bits per heavy atom. The molecule has 0 aliphatic rings. The molecule has 0 aliphatic carbocycles. The highest BCUT2D eigenvalue weighted by Gasteiger charge is 2.03. The van der Waals surface area contributed by atoms with Crippen LogP contribution in [0.15, 0.2) is 28.7 Å². The highest BCUT2D eigenvalue weighted by molar-refractivity contribution is 9.10. The van der Waals surface area contributed by atoms with Gasteiger partial charge in [-0.1, -0.05) is 27.5 Å². The molecular weight excluding hydrogens is 265 g/mol. The smallest absolute Gasteiger partial charge is 0.153 e. The lowest BCUT2D eigenvalue weighted by atomic mass is 10.2. The standard InChI is InChI=1S/C10H5BrClNO/c11-8-1-2-9-6(4-8)3-7(5-14)10(12)13-9/h1-5H. The largest absolute Gasteiger partial charge is 0.298 e. The van der Waals surface area contributed by atoms with Gasteiger partial charge in [-0.2, -0.15) is 0 Å².